The molecule has 31 heavy (non-hydrogen) atoms. The van der Waals surface area contributed by atoms with Crippen molar-refractivity contribution in [3.63, 3.8) is 0 Å². The van der Waals surface area contributed by atoms with Gasteiger partial charge in [0, 0.05) is 17.8 Å². The van der Waals surface area contributed by atoms with E-state index in [1.54, 1.807) is 13.8 Å². The minimum absolute atomic E-state index is 0.0558. The molecule has 2 N–H and O–H groups in total. The Morgan fingerprint density at radius 3 is 2.35 bits per heavy atom. The first-order valence-electron chi connectivity index (χ1n) is 9.05. The molecule has 0 aliphatic rings. The Hall–Kier alpha value is -3.53. The number of nitrogens with zero attached hydrogens (tertiary/aromatic N) is 1. The van der Waals surface area contributed by atoms with Gasteiger partial charge in [-0.3, -0.25) is 19.7 Å². The molecule has 0 bridgehead atoms. The van der Waals surface area contributed by atoms with Crippen molar-refractivity contribution in [1.29, 1.82) is 0 Å². The van der Waals surface area contributed by atoms with E-state index in [4.69, 9.17) is 16.3 Å². The van der Waals surface area contributed by atoms with Gasteiger partial charge in [-0.1, -0.05) is 25.4 Å². The summed E-state index contributed by atoms with van der Waals surface area (Å²) in [6.45, 7) is 2.69. The summed E-state index contributed by atoms with van der Waals surface area (Å²) in [6, 6.07) is 7.24. The van der Waals surface area contributed by atoms with Gasteiger partial charge < -0.3 is 15.4 Å². The fourth-order valence-corrected chi connectivity index (χ4v) is 2.74. The quantitative estimate of drug-likeness (QED) is 0.360. The third kappa shape index (κ3) is 6.75. The number of ether oxygens (including phenoxy) is 1. The van der Waals surface area contributed by atoms with Crippen LogP contribution in [0, 0.1) is 21.8 Å². The molecule has 0 fully saturated rings. The van der Waals surface area contributed by atoms with E-state index >= 15 is 0 Å². The van der Waals surface area contributed by atoms with Crippen LogP contribution in [0.5, 0.6) is 0 Å². The van der Waals surface area contributed by atoms with Crippen molar-refractivity contribution in [3.05, 3.63) is 69.0 Å². The van der Waals surface area contributed by atoms with E-state index in [1.165, 1.54) is 18.2 Å². The lowest BCUT2D eigenvalue weighted by Crippen LogP contribution is -2.46. The Kier molecular flexibility index (Phi) is 8.03. The van der Waals surface area contributed by atoms with Gasteiger partial charge in [0.2, 0.25) is 0 Å². The molecule has 2 amide bonds. The first kappa shape index (κ1) is 23.7. The lowest BCUT2D eigenvalue weighted by Gasteiger charge is -2.21. The van der Waals surface area contributed by atoms with Crippen molar-refractivity contribution in [2.75, 3.05) is 11.9 Å². The van der Waals surface area contributed by atoms with Crippen LogP contribution in [0.4, 0.5) is 15.8 Å². The highest BCUT2D eigenvalue weighted by Crippen LogP contribution is 2.22. The maximum Gasteiger partial charge on any atom is 0.329 e. The number of non-ortho nitro benzene ring substituents is 1. The average Bonchev–Trinajstić information content (AvgIpc) is 2.71. The number of nitro benzene ring substituents is 1. The molecule has 0 saturated carbocycles. The fraction of sp³-hybridized carbons (Fsp3) is 0.250. The van der Waals surface area contributed by atoms with Crippen molar-refractivity contribution in [2.45, 2.75) is 19.9 Å². The third-order valence-corrected chi connectivity index (χ3v) is 4.40. The van der Waals surface area contributed by atoms with E-state index in [0.717, 1.165) is 24.3 Å². The number of esters is 1. The molecule has 0 saturated heterocycles. The molecule has 0 spiro atoms. The van der Waals surface area contributed by atoms with Crippen LogP contribution in [-0.2, 0) is 14.3 Å². The van der Waals surface area contributed by atoms with E-state index in [9.17, 15) is 28.9 Å². The summed E-state index contributed by atoms with van der Waals surface area (Å²) < 4.78 is 17.9. The normalized spacial score (nSPS) is 11.5. The van der Waals surface area contributed by atoms with Crippen LogP contribution >= 0.6 is 11.6 Å². The molecule has 2 rings (SSSR count). The van der Waals surface area contributed by atoms with Crippen LogP contribution in [0.2, 0.25) is 5.02 Å². The summed E-state index contributed by atoms with van der Waals surface area (Å²) in [7, 11) is 0. The van der Waals surface area contributed by atoms with Crippen LogP contribution in [-0.4, -0.2) is 35.4 Å². The van der Waals surface area contributed by atoms with Gasteiger partial charge in [-0.2, -0.15) is 0 Å². The topological polar surface area (TPSA) is 128 Å². The van der Waals surface area contributed by atoms with E-state index < -0.39 is 47.1 Å². The number of hydrogen-bond acceptors (Lipinski definition) is 6. The second-order valence-corrected chi connectivity index (χ2v) is 7.19. The van der Waals surface area contributed by atoms with Gasteiger partial charge in [-0.05, 0) is 36.2 Å². The van der Waals surface area contributed by atoms with E-state index in [2.05, 4.69) is 10.6 Å². The number of anilines is 1. The van der Waals surface area contributed by atoms with Crippen molar-refractivity contribution < 1.29 is 28.4 Å². The lowest BCUT2D eigenvalue weighted by atomic mass is 10.0. The first-order chi connectivity index (χ1) is 14.6. The predicted molar refractivity (Wildman–Crippen MR) is 110 cm³/mol. The number of nitrogens with one attached hydrogen (secondary N) is 2. The molecule has 11 heteroatoms. The van der Waals surface area contributed by atoms with Crippen LogP contribution < -0.4 is 10.6 Å². The molecule has 0 heterocycles. The molecular formula is C20H19ClFN3O6. The Balaban J connectivity index is 1.98. The Bertz CT molecular complexity index is 997. The Morgan fingerprint density at radius 2 is 1.81 bits per heavy atom. The van der Waals surface area contributed by atoms with Crippen molar-refractivity contribution in [3.8, 4) is 0 Å². The van der Waals surface area contributed by atoms with E-state index in [1.807, 2.05) is 0 Å². The zero-order chi connectivity index (χ0) is 23.1. The molecule has 0 aromatic heterocycles. The zero-order valence-corrected chi connectivity index (χ0v) is 17.3. The van der Waals surface area contributed by atoms with Crippen LogP contribution in [0.1, 0.15) is 24.2 Å². The average molecular weight is 452 g/mol. The van der Waals surface area contributed by atoms with Gasteiger partial charge >= 0.3 is 5.97 Å². The Morgan fingerprint density at radius 1 is 1.16 bits per heavy atom. The second kappa shape index (κ2) is 10.5. The number of hydrogen-bond donors (Lipinski definition) is 2. The van der Waals surface area contributed by atoms with Gasteiger partial charge in [0.25, 0.3) is 17.5 Å². The molecule has 164 valence electrons. The molecule has 2 aromatic rings. The number of rotatable bonds is 8. The van der Waals surface area contributed by atoms with Crippen molar-refractivity contribution in [1.82, 2.24) is 5.32 Å². The van der Waals surface area contributed by atoms with Crippen LogP contribution in [0.25, 0.3) is 0 Å². The smallest absolute Gasteiger partial charge is 0.329 e. The number of carbonyl (C=O) groups is 3. The maximum absolute atomic E-state index is 12.9. The highest BCUT2D eigenvalue weighted by Gasteiger charge is 2.28. The molecule has 0 radical (unpaired) electrons. The molecule has 9 nitrogen and oxygen atoms in total. The summed E-state index contributed by atoms with van der Waals surface area (Å²) in [5, 5.41) is 15.5. The summed E-state index contributed by atoms with van der Waals surface area (Å²) in [5.74, 6) is -3.09. The minimum Gasteiger partial charge on any atom is -0.454 e. The van der Waals surface area contributed by atoms with Crippen LogP contribution in [0.15, 0.2) is 42.5 Å². The molecule has 1 atom stereocenters. The first-order valence-corrected chi connectivity index (χ1v) is 9.43. The minimum atomic E-state index is -1.10. The van der Waals surface area contributed by atoms with Gasteiger partial charge in [0.05, 0.1) is 15.5 Å². The summed E-state index contributed by atoms with van der Waals surface area (Å²) in [5.41, 5.74) is -0.0164. The zero-order valence-electron chi connectivity index (χ0n) is 16.6. The number of carbonyl (C=O) groups excluding carboxylic acids is 3. The van der Waals surface area contributed by atoms with Gasteiger partial charge in [-0.15, -0.1) is 0 Å². The van der Waals surface area contributed by atoms with Gasteiger partial charge in [0.1, 0.15) is 11.9 Å². The Labute approximate surface area is 181 Å². The number of amides is 2. The number of benzene rings is 2. The molecule has 0 unspecified atom stereocenters. The summed E-state index contributed by atoms with van der Waals surface area (Å²) in [4.78, 5) is 46.9. The van der Waals surface area contributed by atoms with Crippen LogP contribution in [0.3, 0.4) is 0 Å². The second-order valence-electron chi connectivity index (χ2n) is 6.78. The maximum atomic E-state index is 12.9. The summed E-state index contributed by atoms with van der Waals surface area (Å²) in [6.07, 6.45) is 0. The van der Waals surface area contributed by atoms with E-state index in [0.29, 0.717) is 5.69 Å². The number of nitro groups is 1. The highest BCUT2D eigenvalue weighted by molar-refractivity contribution is 6.34. The third-order valence-electron chi connectivity index (χ3n) is 4.09. The summed E-state index contributed by atoms with van der Waals surface area (Å²) >= 11 is 5.94. The van der Waals surface area contributed by atoms with Gasteiger partial charge in [-0.25, -0.2) is 9.18 Å². The molecule has 0 aliphatic heterocycles. The molecule has 2 aromatic carbocycles. The van der Waals surface area contributed by atoms with E-state index in [-0.39, 0.29) is 16.3 Å². The largest absolute Gasteiger partial charge is 0.454 e. The highest BCUT2D eigenvalue weighted by atomic mass is 35.5. The van der Waals surface area contributed by atoms with Crippen molar-refractivity contribution >= 4 is 40.8 Å². The fourth-order valence-electron chi connectivity index (χ4n) is 2.48. The predicted octanol–water partition coefficient (Wildman–Crippen LogP) is 3.32. The van der Waals surface area contributed by atoms with Crippen molar-refractivity contribution in [2.24, 2.45) is 5.92 Å². The number of halogens is 2. The lowest BCUT2D eigenvalue weighted by molar-refractivity contribution is -0.384. The standard InChI is InChI=1S/C20H19ClFN3O6/c1-11(2)18(24-19(27)15-8-7-14(25(29)30)9-16(15)21)20(28)31-10-17(26)23-13-5-3-12(22)4-6-13/h3-9,11,18H,10H2,1-2H3,(H,23,26)(H,24,27)/t18-/m0/s1. The van der Waals surface area contributed by atoms with Gasteiger partial charge in [0.15, 0.2) is 6.61 Å². The molecular weight excluding hydrogens is 433 g/mol. The monoisotopic (exact) mass is 451 g/mol. The SMILES string of the molecule is CC(C)[C@H](NC(=O)c1ccc([N+](=O)[O-])cc1Cl)C(=O)OCC(=O)Nc1ccc(F)cc1. The molecule has 0 aliphatic carbocycles.